The quantitative estimate of drug-likeness (QED) is 0.683. The average molecular weight is 256 g/mol. The van der Waals surface area contributed by atoms with Crippen LogP contribution in [0.5, 0.6) is 0 Å². The van der Waals surface area contributed by atoms with Crippen LogP contribution in [-0.4, -0.2) is 29.5 Å². The van der Waals surface area contributed by atoms with Gasteiger partial charge in [-0.15, -0.1) is 0 Å². The Morgan fingerprint density at radius 1 is 1.41 bits per heavy atom. The number of amides is 2. The molecule has 1 rings (SSSR count). The minimum atomic E-state index is -0.781. The summed E-state index contributed by atoms with van der Waals surface area (Å²) in [7, 11) is 0. The molecule has 0 radical (unpaired) electrons. The van der Waals surface area contributed by atoms with Crippen molar-refractivity contribution in [2.75, 3.05) is 6.54 Å². The zero-order valence-corrected chi connectivity index (χ0v) is 10.6. The van der Waals surface area contributed by atoms with Gasteiger partial charge in [0.25, 0.3) is 0 Å². The number of aliphatic hydroxyl groups excluding tert-OH is 1. The zero-order chi connectivity index (χ0) is 12.8. The predicted molar refractivity (Wildman–Crippen MR) is 65.6 cm³/mol. The fourth-order valence-electron chi connectivity index (χ4n) is 1.18. The molecule has 3 N–H and O–H groups in total. The number of carbonyl (C=O) groups is 2. The van der Waals surface area contributed by atoms with Crippen LogP contribution >= 0.6 is 11.3 Å². The number of thiophene rings is 1. The lowest BCUT2D eigenvalue weighted by atomic mass is 10.2. The highest BCUT2D eigenvalue weighted by Gasteiger charge is 2.16. The highest BCUT2D eigenvalue weighted by Crippen LogP contribution is 2.14. The molecule has 6 heteroatoms. The van der Waals surface area contributed by atoms with Gasteiger partial charge in [0.1, 0.15) is 0 Å². The lowest BCUT2D eigenvalue weighted by molar-refractivity contribution is -0.139. The van der Waals surface area contributed by atoms with Gasteiger partial charge in [-0.25, -0.2) is 0 Å². The molecule has 0 spiro atoms. The number of hydrogen-bond donors (Lipinski definition) is 3. The van der Waals surface area contributed by atoms with Gasteiger partial charge in [-0.05, 0) is 36.2 Å². The standard InChI is InChI=1S/C11H16N2O3S/c1-7(2)13-11(16)10(15)12-5-9(14)8-3-4-17-6-8/h3-4,6-7,9,14H,5H2,1-2H3,(H,12,15)(H,13,16). The Bertz CT molecular complexity index is 376. The third kappa shape index (κ3) is 4.54. The Balaban J connectivity index is 2.35. The fourth-order valence-corrected chi connectivity index (χ4v) is 1.89. The molecule has 5 nitrogen and oxygen atoms in total. The Labute approximate surface area is 104 Å². The Morgan fingerprint density at radius 2 is 2.12 bits per heavy atom. The van der Waals surface area contributed by atoms with Crippen molar-refractivity contribution in [1.82, 2.24) is 10.6 Å². The van der Waals surface area contributed by atoms with Crippen molar-refractivity contribution < 1.29 is 14.7 Å². The summed E-state index contributed by atoms with van der Waals surface area (Å²) in [6.07, 6.45) is -0.781. The van der Waals surface area contributed by atoms with Crippen LogP contribution in [0.15, 0.2) is 16.8 Å². The molecule has 0 aliphatic carbocycles. The number of aliphatic hydroxyl groups is 1. The number of hydrogen-bond acceptors (Lipinski definition) is 4. The van der Waals surface area contributed by atoms with E-state index in [0.717, 1.165) is 5.56 Å². The fraction of sp³-hybridized carbons (Fsp3) is 0.455. The predicted octanol–water partition coefficient (Wildman–Crippen LogP) is 0.422. The molecule has 17 heavy (non-hydrogen) atoms. The van der Waals surface area contributed by atoms with Gasteiger partial charge in [0.2, 0.25) is 0 Å². The maximum absolute atomic E-state index is 11.3. The minimum absolute atomic E-state index is 0.0289. The summed E-state index contributed by atoms with van der Waals surface area (Å²) in [6, 6.07) is 1.69. The van der Waals surface area contributed by atoms with Crippen LogP contribution in [0.3, 0.4) is 0 Å². The van der Waals surface area contributed by atoms with Crippen molar-refractivity contribution in [2.24, 2.45) is 0 Å². The molecule has 0 fully saturated rings. The zero-order valence-electron chi connectivity index (χ0n) is 9.77. The van der Waals surface area contributed by atoms with Gasteiger partial charge >= 0.3 is 11.8 Å². The lowest BCUT2D eigenvalue weighted by Crippen LogP contribution is -2.43. The molecular weight excluding hydrogens is 240 g/mol. The average Bonchev–Trinajstić information content (AvgIpc) is 2.77. The van der Waals surface area contributed by atoms with Crippen LogP contribution in [0.2, 0.25) is 0 Å². The van der Waals surface area contributed by atoms with Crippen LogP contribution in [0.1, 0.15) is 25.5 Å². The molecule has 0 saturated heterocycles. The molecule has 0 aromatic carbocycles. The third-order valence-electron chi connectivity index (χ3n) is 2.01. The first-order valence-corrected chi connectivity index (χ1v) is 6.24. The number of rotatable bonds is 4. The molecule has 94 valence electrons. The normalized spacial score (nSPS) is 12.2. The van der Waals surface area contributed by atoms with Crippen molar-refractivity contribution in [2.45, 2.75) is 26.0 Å². The van der Waals surface area contributed by atoms with Crippen LogP contribution in [0.25, 0.3) is 0 Å². The van der Waals surface area contributed by atoms with Gasteiger partial charge in [-0.1, -0.05) is 0 Å². The van der Waals surface area contributed by atoms with E-state index in [-0.39, 0.29) is 12.6 Å². The first-order valence-electron chi connectivity index (χ1n) is 5.29. The third-order valence-corrected chi connectivity index (χ3v) is 2.71. The number of nitrogens with one attached hydrogen (secondary N) is 2. The van der Waals surface area contributed by atoms with Gasteiger partial charge < -0.3 is 15.7 Å². The van der Waals surface area contributed by atoms with E-state index < -0.39 is 17.9 Å². The second-order valence-corrected chi connectivity index (χ2v) is 4.69. The summed E-state index contributed by atoms with van der Waals surface area (Å²) in [6.45, 7) is 3.57. The van der Waals surface area contributed by atoms with Crippen LogP contribution in [0, 0.1) is 0 Å². The maximum Gasteiger partial charge on any atom is 0.309 e. The van der Waals surface area contributed by atoms with Crippen LogP contribution < -0.4 is 10.6 Å². The SMILES string of the molecule is CC(C)NC(=O)C(=O)NCC(O)c1ccsc1. The molecule has 0 aliphatic rings. The molecule has 1 heterocycles. The molecule has 0 aliphatic heterocycles. The topological polar surface area (TPSA) is 78.4 Å². The summed E-state index contributed by atoms with van der Waals surface area (Å²) in [5.41, 5.74) is 0.736. The van der Waals surface area contributed by atoms with E-state index in [2.05, 4.69) is 10.6 Å². The van der Waals surface area contributed by atoms with Crippen molar-refractivity contribution in [3.05, 3.63) is 22.4 Å². The van der Waals surface area contributed by atoms with Crippen molar-refractivity contribution >= 4 is 23.2 Å². The van der Waals surface area contributed by atoms with Gasteiger partial charge in [0.05, 0.1) is 6.10 Å². The minimum Gasteiger partial charge on any atom is -0.387 e. The van der Waals surface area contributed by atoms with E-state index in [9.17, 15) is 14.7 Å². The first-order chi connectivity index (χ1) is 8.00. The molecule has 0 saturated carbocycles. The Hall–Kier alpha value is -1.40. The van der Waals surface area contributed by atoms with Crippen molar-refractivity contribution in [1.29, 1.82) is 0 Å². The van der Waals surface area contributed by atoms with Gasteiger partial charge in [-0.3, -0.25) is 9.59 Å². The van der Waals surface area contributed by atoms with Gasteiger partial charge in [-0.2, -0.15) is 11.3 Å². The highest BCUT2D eigenvalue weighted by molar-refractivity contribution is 7.07. The van der Waals surface area contributed by atoms with E-state index in [4.69, 9.17) is 0 Å². The maximum atomic E-state index is 11.3. The number of carbonyl (C=O) groups excluding carboxylic acids is 2. The molecule has 0 bridgehead atoms. The van der Waals surface area contributed by atoms with E-state index in [0.29, 0.717) is 0 Å². The summed E-state index contributed by atoms with van der Waals surface area (Å²) >= 11 is 1.46. The molecule has 1 aromatic heterocycles. The smallest absolute Gasteiger partial charge is 0.309 e. The molecule has 1 unspecified atom stereocenters. The van der Waals surface area contributed by atoms with Crippen molar-refractivity contribution in [3.63, 3.8) is 0 Å². The molecule has 2 amide bonds. The summed E-state index contributed by atoms with van der Waals surface area (Å²) in [4.78, 5) is 22.6. The lowest BCUT2D eigenvalue weighted by Gasteiger charge is -2.11. The molecule has 1 aromatic rings. The molecular formula is C11H16N2O3S. The Morgan fingerprint density at radius 3 is 2.65 bits per heavy atom. The van der Waals surface area contributed by atoms with E-state index >= 15 is 0 Å². The summed E-state index contributed by atoms with van der Waals surface area (Å²) < 4.78 is 0. The van der Waals surface area contributed by atoms with Crippen LogP contribution in [-0.2, 0) is 9.59 Å². The Kier molecular flexibility index (Phi) is 5.11. The van der Waals surface area contributed by atoms with E-state index in [1.165, 1.54) is 11.3 Å². The largest absolute Gasteiger partial charge is 0.387 e. The van der Waals surface area contributed by atoms with Gasteiger partial charge in [0, 0.05) is 12.6 Å². The highest BCUT2D eigenvalue weighted by atomic mass is 32.1. The van der Waals surface area contributed by atoms with E-state index in [1.807, 2.05) is 5.38 Å². The summed E-state index contributed by atoms with van der Waals surface area (Å²) in [5, 5.41) is 18.2. The second kappa shape index (κ2) is 6.36. The monoisotopic (exact) mass is 256 g/mol. The van der Waals surface area contributed by atoms with Gasteiger partial charge in [0.15, 0.2) is 0 Å². The first kappa shape index (κ1) is 13.7. The second-order valence-electron chi connectivity index (χ2n) is 3.91. The van der Waals surface area contributed by atoms with Crippen LogP contribution in [0.4, 0.5) is 0 Å². The molecule has 1 atom stereocenters. The van der Waals surface area contributed by atoms with Crippen molar-refractivity contribution in [3.8, 4) is 0 Å². The van der Waals surface area contributed by atoms with E-state index in [1.54, 1.807) is 25.3 Å². The summed E-state index contributed by atoms with van der Waals surface area (Å²) in [5.74, 6) is -1.41.